The topological polar surface area (TPSA) is 39.2 Å². The van der Waals surface area contributed by atoms with Crippen LogP contribution in [0.5, 0.6) is 0 Å². The zero-order valence-electron chi connectivity index (χ0n) is 10.0. The minimum absolute atomic E-state index is 0.591. The summed E-state index contributed by atoms with van der Waals surface area (Å²) in [6, 6.07) is 5.54. The molecule has 0 amide bonds. The molecule has 1 unspecified atom stereocenters. The molecule has 18 heavy (non-hydrogen) atoms. The summed E-state index contributed by atoms with van der Waals surface area (Å²) in [5.41, 5.74) is 0.820. The van der Waals surface area contributed by atoms with E-state index in [1.54, 1.807) is 6.07 Å². The van der Waals surface area contributed by atoms with Crippen LogP contribution in [0.15, 0.2) is 22.5 Å². The van der Waals surface area contributed by atoms with E-state index >= 15 is 0 Å². The molecule has 1 aromatic heterocycles. The number of ether oxygens (including phenoxy) is 1. The smallest absolute Gasteiger partial charge is 0.181 e. The number of aromatic nitrogens is 1. The van der Waals surface area contributed by atoms with E-state index in [0.717, 1.165) is 16.6 Å². The molecule has 98 valence electrons. The number of nitrogens with zero attached hydrogens (tertiary/aromatic N) is 1. The normalized spacial score (nSPS) is 13.0. The van der Waals surface area contributed by atoms with Gasteiger partial charge in [-0.25, -0.2) is 4.98 Å². The van der Waals surface area contributed by atoms with Gasteiger partial charge in [-0.05, 0) is 31.5 Å². The Morgan fingerprint density at radius 1 is 1.50 bits per heavy atom. The first-order valence-corrected chi connectivity index (χ1v) is 8.24. The molecule has 0 bridgehead atoms. The largest absolute Gasteiger partial charge is 0.382 e. The van der Waals surface area contributed by atoms with Crippen LogP contribution < -0.4 is 0 Å². The maximum Gasteiger partial charge on any atom is 0.181 e. The number of rotatable bonds is 6. The van der Waals surface area contributed by atoms with Gasteiger partial charge in [-0.15, -0.1) is 11.3 Å². The third kappa shape index (κ3) is 3.51. The fourth-order valence-corrected chi connectivity index (χ4v) is 3.99. The van der Waals surface area contributed by atoms with Crippen molar-refractivity contribution < 1.29 is 8.95 Å². The first-order valence-electron chi connectivity index (χ1n) is 5.73. The fourth-order valence-electron chi connectivity index (χ4n) is 1.50. The molecular weight excluding hydrogens is 290 g/mol. The van der Waals surface area contributed by atoms with Crippen LogP contribution in [0.2, 0.25) is 5.02 Å². The Balaban J connectivity index is 2.04. The highest BCUT2D eigenvalue weighted by Crippen LogP contribution is 2.26. The third-order valence-corrected chi connectivity index (χ3v) is 5.36. The molecule has 0 spiro atoms. The Kier molecular flexibility index (Phi) is 5.12. The van der Waals surface area contributed by atoms with Crippen molar-refractivity contribution in [2.45, 2.75) is 17.7 Å². The quantitative estimate of drug-likeness (QED) is 0.767. The van der Waals surface area contributed by atoms with Crippen molar-refractivity contribution >= 4 is 44.0 Å². The van der Waals surface area contributed by atoms with Gasteiger partial charge in [0.2, 0.25) is 0 Å². The van der Waals surface area contributed by atoms with Crippen molar-refractivity contribution in [3.8, 4) is 0 Å². The number of halogens is 1. The fraction of sp³-hybridized carbons (Fsp3) is 0.417. The SMILES string of the molecule is CCOCCCS(=O)c1nc2cc(Cl)ccc2s1. The van der Waals surface area contributed by atoms with E-state index in [2.05, 4.69) is 4.98 Å². The van der Waals surface area contributed by atoms with Crippen LogP contribution >= 0.6 is 22.9 Å². The van der Waals surface area contributed by atoms with Crippen LogP contribution in [0.4, 0.5) is 0 Å². The van der Waals surface area contributed by atoms with Crippen LogP contribution in [0.1, 0.15) is 13.3 Å². The summed E-state index contributed by atoms with van der Waals surface area (Å²) < 4.78 is 18.9. The summed E-state index contributed by atoms with van der Waals surface area (Å²) in [4.78, 5) is 4.37. The third-order valence-electron chi connectivity index (χ3n) is 2.35. The van der Waals surface area contributed by atoms with E-state index in [9.17, 15) is 4.21 Å². The van der Waals surface area contributed by atoms with Gasteiger partial charge in [0, 0.05) is 24.0 Å². The molecule has 2 rings (SSSR count). The van der Waals surface area contributed by atoms with E-state index < -0.39 is 10.8 Å². The van der Waals surface area contributed by atoms with Gasteiger partial charge in [0.1, 0.15) is 0 Å². The van der Waals surface area contributed by atoms with Gasteiger partial charge in [0.25, 0.3) is 0 Å². The molecular formula is C12H14ClNO2S2. The predicted octanol–water partition coefficient (Wildman–Crippen LogP) is 3.48. The summed E-state index contributed by atoms with van der Waals surface area (Å²) >= 11 is 7.37. The maximum atomic E-state index is 12.0. The number of hydrogen-bond acceptors (Lipinski definition) is 4. The molecule has 2 aromatic rings. The summed E-state index contributed by atoms with van der Waals surface area (Å²) in [5.74, 6) is 0.591. The van der Waals surface area contributed by atoms with Crippen LogP contribution in [0.25, 0.3) is 10.2 Å². The summed E-state index contributed by atoms with van der Waals surface area (Å²) in [6.07, 6.45) is 0.789. The van der Waals surface area contributed by atoms with E-state index in [1.807, 2.05) is 19.1 Å². The Morgan fingerprint density at radius 3 is 3.11 bits per heavy atom. The van der Waals surface area contributed by atoms with Crippen LogP contribution in [-0.2, 0) is 15.5 Å². The monoisotopic (exact) mass is 303 g/mol. The molecule has 3 nitrogen and oxygen atoms in total. The molecule has 1 aromatic carbocycles. The molecule has 0 aliphatic heterocycles. The molecule has 0 saturated carbocycles. The second kappa shape index (κ2) is 6.61. The standard InChI is InChI=1S/C12H14ClNO2S2/c1-2-16-6-3-7-18(15)12-14-10-8-9(13)4-5-11(10)17-12/h4-5,8H,2-3,6-7H2,1H3. The number of thiazole rings is 1. The lowest BCUT2D eigenvalue weighted by atomic mass is 10.3. The van der Waals surface area contributed by atoms with Crippen molar-refractivity contribution in [3.05, 3.63) is 23.2 Å². The first-order chi connectivity index (χ1) is 8.70. The van der Waals surface area contributed by atoms with E-state index in [-0.39, 0.29) is 0 Å². The van der Waals surface area contributed by atoms with Gasteiger partial charge in [-0.2, -0.15) is 0 Å². The molecule has 0 aliphatic carbocycles. The number of benzene rings is 1. The first kappa shape index (κ1) is 13.9. The highest BCUT2D eigenvalue weighted by molar-refractivity contribution is 7.87. The van der Waals surface area contributed by atoms with Crippen molar-refractivity contribution in [2.24, 2.45) is 0 Å². The van der Waals surface area contributed by atoms with Crippen molar-refractivity contribution in [2.75, 3.05) is 19.0 Å². The van der Waals surface area contributed by atoms with Crippen molar-refractivity contribution in [1.82, 2.24) is 4.98 Å². The van der Waals surface area contributed by atoms with Gasteiger partial charge in [-0.3, -0.25) is 4.21 Å². The van der Waals surface area contributed by atoms with E-state index in [4.69, 9.17) is 16.3 Å². The molecule has 0 N–H and O–H groups in total. The lowest BCUT2D eigenvalue weighted by Gasteiger charge is -1.99. The zero-order valence-corrected chi connectivity index (χ0v) is 12.4. The Bertz CT molecular complexity index is 556. The predicted molar refractivity (Wildman–Crippen MR) is 77.0 cm³/mol. The summed E-state index contributed by atoms with van der Waals surface area (Å²) in [6.45, 7) is 3.31. The molecule has 0 fully saturated rings. The Morgan fingerprint density at radius 2 is 2.33 bits per heavy atom. The highest BCUT2D eigenvalue weighted by Gasteiger charge is 2.10. The second-order valence-electron chi connectivity index (χ2n) is 3.69. The minimum atomic E-state index is -1.04. The molecule has 1 atom stereocenters. The van der Waals surface area contributed by atoms with Crippen LogP contribution in [-0.4, -0.2) is 28.2 Å². The average Bonchev–Trinajstić information content (AvgIpc) is 2.77. The van der Waals surface area contributed by atoms with Crippen LogP contribution in [0.3, 0.4) is 0 Å². The summed E-state index contributed by atoms with van der Waals surface area (Å²) in [5, 5.41) is 0.654. The second-order valence-corrected chi connectivity index (χ2v) is 6.90. The number of fused-ring (bicyclic) bond motifs is 1. The minimum Gasteiger partial charge on any atom is -0.382 e. The highest BCUT2D eigenvalue weighted by atomic mass is 35.5. The van der Waals surface area contributed by atoms with Gasteiger partial charge in [0.05, 0.1) is 21.0 Å². The van der Waals surface area contributed by atoms with Gasteiger partial charge >= 0.3 is 0 Å². The van der Waals surface area contributed by atoms with Gasteiger partial charge in [-0.1, -0.05) is 11.6 Å². The average molecular weight is 304 g/mol. The lowest BCUT2D eigenvalue weighted by molar-refractivity contribution is 0.149. The van der Waals surface area contributed by atoms with Crippen molar-refractivity contribution in [3.63, 3.8) is 0 Å². The molecule has 0 radical (unpaired) electrons. The van der Waals surface area contributed by atoms with Gasteiger partial charge in [0.15, 0.2) is 4.34 Å². The maximum absolute atomic E-state index is 12.0. The lowest BCUT2D eigenvalue weighted by Crippen LogP contribution is -2.02. The van der Waals surface area contributed by atoms with E-state index in [1.165, 1.54) is 11.3 Å². The molecule has 6 heteroatoms. The molecule has 1 heterocycles. The van der Waals surface area contributed by atoms with Gasteiger partial charge < -0.3 is 4.74 Å². The number of hydrogen-bond donors (Lipinski definition) is 0. The van der Waals surface area contributed by atoms with Crippen molar-refractivity contribution in [1.29, 1.82) is 0 Å². The molecule has 0 aliphatic rings. The van der Waals surface area contributed by atoms with Crippen LogP contribution in [0, 0.1) is 0 Å². The zero-order chi connectivity index (χ0) is 13.0. The van der Waals surface area contributed by atoms with E-state index in [0.29, 0.717) is 28.3 Å². The molecule has 0 saturated heterocycles. The Labute approximate surface area is 118 Å². The summed E-state index contributed by atoms with van der Waals surface area (Å²) in [7, 11) is -1.04. The Hall–Kier alpha value is -0.490.